The first-order valence-electron chi connectivity index (χ1n) is 7.41. The molecule has 2 rings (SSSR count). The van der Waals surface area contributed by atoms with Gasteiger partial charge in [-0.15, -0.1) is 0 Å². The number of hydrogen-bond acceptors (Lipinski definition) is 6. The lowest BCUT2D eigenvalue weighted by atomic mass is 9.95. The van der Waals surface area contributed by atoms with Gasteiger partial charge >= 0.3 is 0 Å². The van der Waals surface area contributed by atoms with E-state index in [1.165, 1.54) is 0 Å². The van der Waals surface area contributed by atoms with E-state index in [4.69, 9.17) is 9.72 Å². The molecular weight excluding hydrogens is 268 g/mol. The van der Waals surface area contributed by atoms with Gasteiger partial charge < -0.3 is 20.1 Å². The van der Waals surface area contributed by atoms with E-state index in [0.29, 0.717) is 13.2 Å². The zero-order valence-corrected chi connectivity index (χ0v) is 13.6. The van der Waals surface area contributed by atoms with E-state index in [-0.39, 0.29) is 24.2 Å². The predicted molar refractivity (Wildman–Crippen MR) is 83.9 cm³/mol. The van der Waals surface area contributed by atoms with Gasteiger partial charge in [0.05, 0.1) is 25.4 Å². The smallest absolute Gasteiger partial charge is 0.138 e. The molecule has 0 radical (unpaired) electrons. The number of aliphatic hydroxyl groups is 1. The lowest BCUT2D eigenvalue weighted by molar-refractivity contribution is -0.0106. The minimum atomic E-state index is -0.160. The number of nitrogens with zero attached hydrogens (tertiary/aromatic N) is 3. The van der Waals surface area contributed by atoms with E-state index in [2.05, 4.69) is 42.9 Å². The van der Waals surface area contributed by atoms with E-state index in [9.17, 15) is 5.11 Å². The number of morpholine rings is 1. The normalized spacial score (nSPS) is 23.2. The third kappa shape index (κ3) is 3.63. The molecule has 0 aliphatic carbocycles. The summed E-state index contributed by atoms with van der Waals surface area (Å²) >= 11 is 0. The topological polar surface area (TPSA) is 70.5 Å². The molecule has 0 amide bonds. The van der Waals surface area contributed by atoms with Crippen molar-refractivity contribution in [1.82, 2.24) is 9.97 Å². The molecule has 1 aliphatic rings. The standard InChI is InChI=1S/C15H26N4O2/c1-10-9-21-11(8-20)7-19(10)13-6-12(16-5)17-14(18-13)15(2,3)4/h6,10-11,20H,7-9H2,1-5H3,(H,16,17,18). The Hall–Kier alpha value is -1.40. The molecule has 6 nitrogen and oxygen atoms in total. The molecular formula is C15H26N4O2. The summed E-state index contributed by atoms with van der Waals surface area (Å²) in [5.74, 6) is 2.50. The van der Waals surface area contributed by atoms with E-state index in [1.54, 1.807) is 0 Å². The monoisotopic (exact) mass is 294 g/mol. The Morgan fingerprint density at radius 2 is 2.14 bits per heavy atom. The van der Waals surface area contributed by atoms with Crippen LogP contribution in [-0.4, -0.2) is 54.0 Å². The molecule has 1 aromatic heterocycles. The molecule has 1 aliphatic heterocycles. The zero-order chi connectivity index (χ0) is 15.6. The molecule has 2 atom stereocenters. The lowest BCUT2D eigenvalue weighted by Gasteiger charge is -2.38. The Morgan fingerprint density at radius 1 is 1.43 bits per heavy atom. The van der Waals surface area contributed by atoms with Gasteiger partial charge in [0.15, 0.2) is 0 Å². The van der Waals surface area contributed by atoms with Crippen molar-refractivity contribution in [3.8, 4) is 0 Å². The van der Waals surface area contributed by atoms with Crippen LogP contribution < -0.4 is 10.2 Å². The van der Waals surface area contributed by atoms with Gasteiger partial charge in [-0.3, -0.25) is 0 Å². The molecule has 0 aromatic carbocycles. The van der Waals surface area contributed by atoms with Crippen LogP contribution in [-0.2, 0) is 10.2 Å². The van der Waals surface area contributed by atoms with Crippen molar-refractivity contribution in [2.45, 2.75) is 45.3 Å². The fourth-order valence-electron chi connectivity index (χ4n) is 2.29. The Bertz CT molecular complexity index is 487. The molecule has 21 heavy (non-hydrogen) atoms. The van der Waals surface area contributed by atoms with Gasteiger partial charge in [0.1, 0.15) is 17.5 Å². The SMILES string of the molecule is CNc1cc(N2CC(CO)OCC2C)nc(C(C)(C)C)n1. The molecule has 2 unspecified atom stereocenters. The first-order chi connectivity index (χ1) is 9.85. The van der Waals surface area contributed by atoms with Crippen LogP contribution in [0.5, 0.6) is 0 Å². The van der Waals surface area contributed by atoms with Crippen LogP contribution in [0, 0.1) is 0 Å². The Morgan fingerprint density at radius 3 is 2.71 bits per heavy atom. The summed E-state index contributed by atoms with van der Waals surface area (Å²) in [6, 6.07) is 2.17. The zero-order valence-electron chi connectivity index (χ0n) is 13.6. The van der Waals surface area contributed by atoms with Crippen molar-refractivity contribution >= 4 is 11.6 Å². The average Bonchev–Trinajstić information content (AvgIpc) is 2.46. The van der Waals surface area contributed by atoms with Gasteiger partial charge in [0.25, 0.3) is 0 Å². The van der Waals surface area contributed by atoms with Gasteiger partial charge in [-0.25, -0.2) is 9.97 Å². The Labute approximate surface area is 126 Å². The molecule has 1 aromatic rings. The van der Waals surface area contributed by atoms with Crippen LogP contribution in [0.3, 0.4) is 0 Å². The van der Waals surface area contributed by atoms with E-state index < -0.39 is 0 Å². The summed E-state index contributed by atoms with van der Waals surface area (Å²) in [6.45, 7) is 9.67. The van der Waals surface area contributed by atoms with Crippen molar-refractivity contribution < 1.29 is 9.84 Å². The molecule has 0 spiro atoms. The van der Waals surface area contributed by atoms with E-state index in [0.717, 1.165) is 17.5 Å². The minimum Gasteiger partial charge on any atom is -0.394 e. The van der Waals surface area contributed by atoms with Crippen LogP contribution in [0.15, 0.2) is 6.07 Å². The van der Waals surface area contributed by atoms with Gasteiger partial charge in [-0.2, -0.15) is 0 Å². The highest BCUT2D eigenvalue weighted by Crippen LogP contribution is 2.26. The number of aliphatic hydroxyl groups excluding tert-OH is 1. The van der Waals surface area contributed by atoms with Crippen LogP contribution in [0.1, 0.15) is 33.5 Å². The second-order valence-electron chi connectivity index (χ2n) is 6.57. The maximum Gasteiger partial charge on any atom is 0.138 e. The predicted octanol–water partition coefficient (Wildman–Crippen LogP) is 1.40. The summed E-state index contributed by atoms with van der Waals surface area (Å²) in [5, 5.41) is 12.4. The van der Waals surface area contributed by atoms with Crippen molar-refractivity contribution in [3.63, 3.8) is 0 Å². The molecule has 2 N–H and O–H groups in total. The van der Waals surface area contributed by atoms with Crippen molar-refractivity contribution in [1.29, 1.82) is 0 Å². The highest BCUT2D eigenvalue weighted by Gasteiger charge is 2.28. The quantitative estimate of drug-likeness (QED) is 0.878. The number of hydrogen-bond donors (Lipinski definition) is 2. The highest BCUT2D eigenvalue weighted by atomic mass is 16.5. The van der Waals surface area contributed by atoms with E-state index >= 15 is 0 Å². The van der Waals surface area contributed by atoms with Crippen LogP contribution in [0.2, 0.25) is 0 Å². The second-order valence-corrected chi connectivity index (χ2v) is 6.57. The molecule has 0 bridgehead atoms. The largest absolute Gasteiger partial charge is 0.394 e. The minimum absolute atomic E-state index is 0.0271. The fourth-order valence-corrected chi connectivity index (χ4v) is 2.29. The maximum absolute atomic E-state index is 9.33. The van der Waals surface area contributed by atoms with Crippen LogP contribution in [0.4, 0.5) is 11.6 Å². The van der Waals surface area contributed by atoms with Crippen molar-refractivity contribution in [3.05, 3.63) is 11.9 Å². The molecule has 6 heteroatoms. The fraction of sp³-hybridized carbons (Fsp3) is 0.733. The van der Waals surface area contributed by atoms with Crippen LogP contribution in [0.25, 0.3) is 0 Å². The third-order valence-corrected chi connectivity index (χ3v) is 3.64. The molecule has 1 saturated heterocycles. The Balaban J connectivity index is 2.37. The summed E-state index contributed by atoms with van der Waals surface area (Å²) < 4.78 is 5.59. The first-order valence-corrected chi connectivity index (χ1v) is 7.41. The molecule has 2 heterocycles. The molecule has 118 valence electrons. The third-order valence-electron chi connectivity index (χ3n) is 3.64. The molecule has 1 fully saturated rings. The summed E-state index contributed by atoms with van der Waals surface area (Å²) in [7, 11) is 1.86. The number of anilines is 2. The maximum atomic E-state index is 9.33. The average molecular weight is 294 g/mol. The molecule has 0 saturated carbocycles. The van der Waals surface area contributed by atoms with Crippen LogP contribution >= 0.6 is 0 Å². The summed E-state index contributed by atoms with van der Waals surface area (Å²) in [4.78, 5) is 11.5. The summed E-state index contributed by atoms with van der Waals surface area (Å²) in [6.07, 6.45) is -0.160. The second kappa shape index (κ2) is 6.15. The summed E-state index contributed by atoms with van der Waals surface area (Å²) in [5.41, 5.74) is -0.118. The van der Waals surface area contributed by atoms with E-state index in [1.807, 2.05) is 13.1 Å². The van der Waals surface area contributed by atoms with Gasteiger partial charge in [-0.05, 0) is 6.92 Å². The number of nitrogens with one attached hydrogen (secondary N) is 1. The number of aromatic nitrogens is 2. The van der Waals surface area contributed by atoms with Gasteiger partial charge in [0, 0.05) is 25.1 Å². The number of rotatable bonds is 3. The lowest BCUT2D eigenvalue weighted by Crippen LogP contribution is -2.50. The van der Waals surface area contributed by atoms with Gasteiger partial charge in [-0.1, -0.05) is 20.8 Å². The first kappa shape index (κ1) is 16.0. The highest BCUT2D eigenvalue weighted by molar-refractivity contribution is 5.50. The Kier molecular flexibility index (Phi) is 4.68. The van der Waals surface area contributed by atoms with Crippen molar-refractivity contribution in [2.75, 3.05) is 37.0 Å². The number of ether oxygens (including phenoxy) is 1. The van der Waals surface area contributed by atoms with Crippen molar-refractivity contribution in [2.24, 2.45) is 0 Å². The van der Waals surface area contributed by atoms with Gasteiger partial charge in [0.2, 0.25) is 0 Å².